The predicted molar refractivity (Wildman–Crippen MR) is 125 cm³/mol. The van der Waals surface area contributed by atoms with Crippen molar-refractivity contribution < 1.29 is 14.3 Å². The maximum atomic E-state index is 11.2. The molecular formula is C27H37NO3. The van der Waals surface area contributed by atoms with Gasteiger partial charge < -0.3 is 14.4 Å². The highest BCUT2D eigenvalue weighted by Crippen LogP contribution is 2.30. The third-order valence-electron chi connectivity index (χ3n) is 6.18. The predicted octanol–water partition coefficient (Wildman–Crippen LogP) is 5.69. The van der Waals surface area contributed by atoms with E-state index in [1.165, 1.54) is 36.6 Å². The Kier molecular flexibility index (Phi) is 9.57. The fourth-order valence-electron chi connectivity index (χ4n) is 4.24. The lowest BCUT2D eigenvalue weighted by Gasteiger charge is -2.34. The van der Waals surface area contributed by atoms with Gasteiger partial charge in [0.25, 0.3) is 0 Å². The molecule has 1 aliphatic rings. The van der Waals surface area contributed by atoms with Crippen LogP contribution in [-0.2, 0) is 14.3 Å². The van der Waals surface area contributed by atoms with Crippen molar-refractivity contribution in [2.75, 3.05) is 26.7 Å². The second-order valence-corrected chi connectivity index (χ2v) is 8.62. The van der Waals surface area contributed by atoms with Gasteiger partial charge in [0.15, 0.2) is 0 Å². The SMILES string of the molecule is COC(=O)CCCCCCN1CCC(OC(c2ccccc2)c2ccc(C)cc2)CC1. The Morgan fingerprint density at radius 2 is 1.58 bits per heavy atom. The lowest BCUT2D eigenvalue weighted by atomic mass is 9.99. The van der Waals surface area contributed by atoms with Crippen LogP contribution >= 0.6 is 0 Å². The zero-order valence-corrected chi connectivity index (χ0v) is 19.1. The van der Waals surface area contributed by atoms with E-state index in [4.69, 9.17) is 9.47 Å². The largest absolute Gasteiger partial charge is 0.469 e. The van der Waals surface area contributed by atoms with E-state index in [0.717, 1.165) is 45.3 Å². The molecular weight excluding hydrogens is 386 g/mol. The molecule has 0 spiro atoms. The Labute approximate surface area is 187 Å². The van der Waals surface area contributed by atoms with Crippen molar-refractivity contribution in [3.05, 3.63) is 71.3 Å². The number of rotatable bonds is 11. The molecule has 168 valence electrons. The van der Waals surface area contributed by atoms with Crippen LogP contribution in [0.3, 0.4) is 0 Å². The molecule has 0 amide bonds. The number of aryl methyl sites for hydroxylation is 1. The summed E-state index contributed by atoms with van der Waals surface area (Å²) in [6.45, 7) is 5.46. The normalized spacial score (nSPS) is 16.2. The number of benzene rings is 2. The highest BCUT2D eigenvalue weighted by molar-refractivity contribution is 5.68. The van der Waals surface area contributed by atoms with Crippen LogP contribution in [0.1, 0.15) is 67.7 Å². The Morgan fingerprint density at radius 3 is 2.26 bits per heavy atom. The molecule has 1 heterocycles. The minimum Gasteiger partial charge on any atom is -0.469 e. The van der Waals surface area contributed by atoms with Gasteiger partial charge in [-0.1, -0.05) is 73.0 Å². The molecule has 0 radical (unpaired) electrons. The molecule has 4 heteroatoms. The average molecular weight is 424 g/mol. The second-order valence-electron chi connectivity index (χ2n) is 8.62. The zero-order valence-electron chi connectivity index (χ0n) is 19.1. The Morgan fingerprint density at radius 1 is 0.935 bits per heavy atom. The van der Waals surface area contributed by atoms with Gasteiger partial charge in [-0.05, 0) is 50.3 Å². The number of carbonyl (C=O) groups excluding carboxylic acids is 1. The van der Waals surface area contributed by atoms with E-state index in [0.29, 0.717) is 12.5 Å². The summed E-state index contributed by atoms with van der Waals surface area (Å²) in [5, 5.41) is 0. The summed E-state index contributed by atoms with van der Waals surface area (Å²) in [5.41, 5.74) is 3.72. The third-order valence-corrected chi connectivity index (χ3v) is 6.18. The van der Waals surface area contributed by atoms with Gasteiger partial charge in [-0.25, -0.2) is 0 Å². The minimum atomic E-state index is -0.0958. The lowest BCUT2D eigenvalue weighted by Crippen LogP contribution is -2.38. The van der Waals surface area contributed by atoms with Crippen molar-refractivity contribution in [2.45, 2.75) is 64.1 Å². The van der Waals surface area contributed by atoms with Crippen LogP contribution < -0.4 is 0 Å². The van der Waals surface area contributed by atoms with Gasteiger partial charge in [-0.2, -0.15) is 0 Å². The standard InChI is InChI=1S/C27H37NO3/c1-22-13-15-24(16-14-22)27(23-10-6-5-7-11-23)31-25-17-20-28(21-18-25)19-9-4-3-8-12-26(29)30-2/h5-7,10-11,13-16,25,27H,3-4,8-9,12,17-21H2,1-2H3. The van der Waals surface area contributed by atoms with Gasteiger partial charge in [-0.3, -0.25) is 4.79 Å². The Bertz CT molecular complexity index is 767. The van der Waals surface area contributed by atoms with Gasteiger partial charge in [0, 0.05) is 19.5 Å². The van der Waals surface area contributed by atoms with E-state index in [9.17, 15) is 4.79 Å². The van der Waals surface area contributed by atoms with Crippen molar-refractivity contribution in [3.63, 3.8) is 0 Å². The molecule has 1 unspecified atom stereocenters. The van der Waals surface area contributed by atoms with Gasteiger partial charge >= 0.3 is 5.97 Å². The highest BCUT2D eigenvalue weighted by Gasteiger charge is 2.24. The topological polar surface area (TPSA) is 38.8 Å². The molecule has 0 saturated carbocycles. The number of hydrogen-bond acceptors (Lipinski definition) is 4. The number of hydrogen-bond donors (Lipinski definition) is 0. The third kappa shape index (κ3) is 7.79. The van der Waals surface area contributed by atoms with E-state index >= 15 is 0 Å². The molecule has 4 nitrogen and oxygen atoms in total. The molecule has 1 atom stereocenters. The molecule has 0 N–H and O–H groups in total. The Balaban J connectivity index is 1.44. The van der Waals surface area contributed by atoms with Crippen LogP contribution in [0.25, 0.3) is 0 Å². The number of piperidine rings is 1. The van der Waals surface area contributed by atoms with Crippen LogP contribution in [0.2, 0.25) is 0 Å². The number of esters is 1. The van der Waals surface area contributed by atoms with Crippen molar-refractivity contribution in [3.8, 4) is 0 Å². The summed E-state index contributed by atoms with van der Waals surface area (Å²) < 4.78 is 11.4. The van der Waals surface area contributed by atoms with Crippen molar-refractivity contribution in [1.82, 2.24) is 4.90 Å². The van der Waals surface area contributed by atoms with E-state index in [-0.39, 0.29) is 12.1 Å². The van der Waals surface area contributed by atoms with Gasteiger partial charge in [-0.15, -0.1) is 0 Å². The first kappa shape index (κ1) is 23.5. The Hall–Kier alpha value is -2.17. The molecule has 3 rings (SSSR count). The molecule has 0 aromatic heterocycles. The molecule has 31 heavy (non-hydrogen) atoms. The second kappa shape index (κ2) is 12.6. The first-order chi connectivity index (χ1) is 15.2. The van der Waals surface area contributed by atoms with E-state index in [1.807, 2.05) is 0 Å². The van der Waals surface area contributed by atoms with Crippen molar-refractivity contribution in [1.29, 1.82) is 0 Å². The van der Waals surface area contributed by atoms with Gasteiger partial charge in [0.1, 0.15) is 6.10 Å². The first-order valence-corrected chi connectivity index (χ1v) is 11.7. The number of ether oxygens (including phenoxy) is 2. The van der Waals surface area contributed by atoms with E-state index < -0.39 is 0 Å². The monoisotopic (exact) mass is 423 g/mol. The maximum Gasteiger partial charge on any atom is 0.305 e. The number of carbonyl (C=O) groups is 1. The average Bonchev–Trinajstić information content (AvgIpc) is 2.81. The number of nitrogens with zero attached hydrogens (tertiary/aromatic N) is 1. The van der Waals surface area contributed by atoms with Crippen LogP contribution in [0, 0.1) is 6.92 Å². The maximum absolute atomic E-state index is 11.2. The molecule has 0 bridgehead atoms. The van der Waals surface area contributed by atoms with Crippen LogP contribution in [0.15, 0.2) is 54.6 Å². The summed E-state index contributed by atoms with van der Waals surface area (Å²) in [6.07, 6.45) is 7.40. The summed E-state index contributed by atoms with van der Waals surface area (Å²) in [4.78, 5) is 13.7. The summed E-state index contributed by atoms with van der Waals surface area (Å²) >= 11 is 0. The van der Waals surface area contributed by atoms with E-state index in [2.05, 4.69) is 66.4 Å². The first-order valence-electron chi connectivity index (χ1n) is 11.7. The smallest absolute Gasteiger partial charge is 0.305 e. The minimum absolute atomic E-state index is 0.00633. The fourth-order valence-corrected chi connectivity index (χ4v) is 4.24. The van der Waals surface area contributed by atoms with E-state index in [1.54, 1.807) is 0 Å². The number of unbranched alkanes of at least 4 members (excludes halogenated alkanes) is 3. The van der Waals surface area contributed by atoms with Crippen LogP contribution in [0.5, 0.6) is 0 Å². The molecule has 1 fully saturated rings. The quantitative estimate of drug-likeness (QED) is 0.344. The number of likely N-dealkylation sites (tertiary alicyclic amines) is 1. The molecule has 2 aromatic rings. The van der Waals surface area contributed by atoms with Gasteiger partial charge in [0.2, 0.25) is 0 Å². The highest BCUT2D eigenvalue weighted by atomic mass is 16.5. The number of methoxy groups -OCH3 is 1. The molecule has 0 aliphatic carbocycles. The fraction of sp³-hybridized carbons (Fsp3) is 0.519. The summed E-state index contributed by atoms with van der Waals surface area (Å²) in [7, 11) is 1.46. The summed E-state index contributed by atoms with van der Waals surface area (Å²) in [5.74, 6) is -0.0958. The zero-order chi connectivity index (χ0) is 21.9. The molecule has 1 saturated heterocycles. The van der Waals surface area contributed by atoms with Crippen molar-refractivity contribution >= 4 is 5.97 Å². The van der Waals surface area contributed by atoms with Crippen LogP contribution in [-0.4, -0.2) is 43.7 Å². The molecule has 1 aliphatic heterocycles. The lowest BCUT2D eigenvalue weighted by molar-refractivity contribution is -0.140. The van der Waals surface area contributed by atoms with Crippen LogP contribution in [0.4, 0.5) is 0 Å². The molecule has 2 aromatic carbocycles. The van der Waals surface area contributed by atoms with Gasteiger partial charge in [0.05, 0.1) is 13.2 Å². The summed E-state index contributed by atoms with van der Waals surface area (Å²) in [6, 6.07) is 19.3. The van der Waals surface area contributed by atoms with Crippen molar-refractivity contribution in [2.24, 2.45) is 0 Å².